The smallest absolute Gasteiger partial charge is 0.163 e. The van der Waals surface area contributed by atoms with Gasteiger partial charge in [-0.05, 0) is 24.3 Å². The Kier molecular flexibility index (Phi) is 4.53. The van der Waals surface area contributed by atoms with Crippen molar-refractivity contribution in [2.45, 2.75) is 13.0 Å². The van der Waals surface area contributed by atoms with Crippen LogP contribution in [0.3, 0.4) is 0 Å². The lowest BCUT2D eigenvalue weighted by Crippen LogP contribution is -2.32. The first-order valence-electron chi connectivity index (χ1n) is 10.7. The van der Waals surface area contributed by atoms with Gasteiger partial charge < -0.3 is 4.90 Å². The summed E-state index contributed by atoms with van der Waals surface area (Å²) >= 11 is 0. The third-order valence-electron chi connectivity index (χ3n) is 5.77. The molecule has 32 heavy (non-hydrogen) atoms. The summed E-state index contributed by atoms with van der Waals surface area (Å²) in [4.78, 5) is 25.8. The van der Waals surface area contributed by atoms with Crippen molar-refractivity contribution in [2.24, 2.45) is 0 Å². The molecule has 0 fully saturated rings. The highest BCUT2D eigenvalue weighted by Gasteiger charge is 2.22. The predicted molar refractivity (Wildman–Crippen MR) is 125 cm³/mol. The molecule has 0 unspecified atom stereocenters. The fraction of sp³-hybridized carbons (Fsp3) is 0.115. The highest BCUT2D eigenvalue weighted by atomic mass is 15.2. The van der Waals surface area contributed by atoms with E-state index in [4.69, 9.17) is 15.0 Å². The first kappa shape index (κ1) is 18.6. The fourth-order valence-corrected chi connectivity index (χ4v) is 4.15. The van der Waals surface area contributed by atoms with Crippen LogP contribution in [0.5, 0.6) is 0 Å². The molecular weight excluding hydrogens is 396 g/mol. The molecule has 1 aliphatic rings. The average molecular weight is 416 g/mol. The Labute approximate surface area is 185 Å². The molecular formula is C26H20N6. The minimum atomic E-state index is 0.688. The van der Waals surface area contributed by atoms with Crippen molar-refractivity contribution in [2.75, 3.05) is 11.4 Å². The highest BCUT2D eigenvalue weighted by molar-refractivity contribution is 5.91. The van der Waals surface area contributed by atoms with Gasteiger partial charge in [-0.15, -0.1) is 0 Å². The van der Waals surface area contributed by atoms with Gasteiger partial charge in [0.15, 0.2) is 11.6 Å². The zero-order valence-electron chi connectivity index (χ0n) is 17.4. The molecule has 0 radical (unpaired) electrons. The zero-order valence-corrected chi connectivity index (χ0v) is 17.4. The first-order chi connectivity index (χ1) is 15.8. The normalized spacial score (nSPS) is 13.2. The van der Waals surface area contributed by atoms with E-state index in [1.807, 2.05) is 66.9 Å². The van der Waals surface area contributed by atoms with Crippen molar-refractivity contribution in [3.8, 4) is 22.8 Å². The Morgan fingerprint density at radius 2 is 1.56 bits per heavy atom. The van der Waals surface area contributed by atoms with Gasteiger partial charge in [-0.1, -0.05) is 42.5 Å². The Hall–Kier alpha value is -4.19. The molecule has 6 nitrogen and oxygen atoms in total. The van der Waals surface area contributed by atoms with Gasteiger partial charge in [0.2, 0.25) is 0 Å². The van der Waals surface area contributed by atoms with Gasteiger partial charge in [-0.2, -0.15) is 0 Å². The van der Waals surface area contributed by atoms with Crippen LogP contribution in [-0.2, 0) is 13.0 Å². The maximum absolute atomic E-state index is 4.97. The summed E-state index contributed by atoms with van der Waals surface area (Å²) < 4.78 is 0. The minimum absolute atomic E-state index is 0.688. The van der Waals surface area contributed by atoms with Crippen LogP contribution < -0.4 is 4.90 Å². The van der Waals surface area contributed by atoms with E-state index in [-0.39, 0.29) is 0 Å². The molecule has 0 bridgehead atoms. The lowest BCUT2D eigenvalue weighted by Gasteiger charge is -2.30. The molecule has 2 aromatic carbocycles. The Morgan fingerprint density at radius 1 is 0.719 bits per heavy atom. The minimum Gasteiger partial charge on any atom is -0.351 e. The van der Waals surface area contributed by atoms with Crippen molar-refractivity contribution in [1.29, 1.82) is 0 Å². The molecule has 0 saturated carbocycles. The second-order valence-electron chi connectivity index (χ2n) is 7.83. The number of pyridine rings is 1. The quantitative estimate of drug-likeness (QED) is 0.424. The number of hydrogen-bond donors (Lipinski definition) is 0. The topological polar surface area (TPSA) is 67.7 Å². The number of aromatic nitrogens is 5. The molecule has 0 aliphatic carbocycles. The van der Waals surface area contributed by atoms with Crippen LogP contribution in [0.25, 0.3) is 33.7 Å². The van der Waals surface area contributed by atoms with Crippen molar-refractivity contribution in [3.05, 3.63) is 96.6 Å². The van der Waals surface area contributed by atoms with Gasteiger partial charge >= 0.3 is 0 Å². The third-order valence-corrected chi connectivity index (χ3v) is 5.77. The monoisotopic (exact) mass is 416 g/mol. The Bertz CT molecular complexity index is 1400. The number of nitrogens with zero attached hydrogens (tertiary/aromatic N) is 6. The number of fused-ring (bicyclic) bond motifs is 2. The molecule has 0 N–H and O–H groups in total. The molecule has 6 rings (SSSR count). The molecule has 1 aliphatic heterocycles. The summed E-state index contributed by atoms with van der Waals surface area (Å²) in [6.07, 6.45) is 6.37. The molecule has 0 atom stereocenters. The van der Waals surface area contributed by atoms with E-state index < -0.39 is 0 Å². The number of para-hydroxylation sites is 1. The summed E-state index contributed by atoms with van der Waals surface area (Å²) in [6, 6.07) is 22.2. The molecule has 0 amide bonds. The third kappa shape index (κ3) is 3.36. The largest absolute Gasteiger partial charge is 0.351 e. The predicted octanol–water partition coefficient (Wildman–Crippen LogP) is 4.71. The van der Waals surface area contributed by atoms with Gasteiger partial charge in [0.1, 0.15) is 5.82 Å². The SMILES string of the molecule is c1ccc(-c2ncc3c(n2)CCN(c2nc(-c4cccnc4)nc4ccccc24)C3)cc1. The van der Waals surface area contributed by atoms with E-state index >= 15 is 0 Å². The van der Waals surface area contributed by atoms with Crippen LogP contribution >= 0.6 is 0 Å². The number of rotatable bonds is 3. The summed E-state index contributed by atoms with van der Waals surface area (Å²) in [5, 5.41) is 1.05. The van der Waals surface area contributed by atoms with Crippen molar-refractivity contribution in [3.63, 3.8) is 0 Å². The number of anilines is 1. The molecule has 154 valence electrons. The molecule has 0 spiro atoms. The second-order valence-corrected chi connectivity index (χ2v) is 7.83. The van der Waals surface area contributed by atoms with Crippen molar-refractivity contribution in [1.82, 2.24) is 24.9 Å². The molecule has 6 heteroatoms. The van der Waals surface area contributed by atoms with Crippen LogP contribution in [0.2, 0.25) is 0 Å². The van der Waals surface area contributed by atoms with Crippen LogP contribution in [0.15, 0.2) is 85.3 Å². The Balaban J connectivity index is 1.39. The summed E-state index contributed by atoms with van der Waals surface area (Å²) in [5.74, 6) is 2.41. The van der Waals surface area contributed by atoms with Crippen molar-refractivity contribution >= 4 is 16.7 Å². The van der Waals surface area contributed by atoms with Gasteiger partial charge in [0.25, 0.3) is 0 Å². The number of hydrogen-bond acceptors (Lipinski definition) is 6. The van der Waals surface area contributed by atoms with E-state index in [0.717, 1.165) is 64.4 Å². The summed E-state index contributed by atoms with van der Waals surface area (Å²) in [7, 11) is 0. The van der Waals surface area contributed by atoms with Crippen LogP contribution in [-0.4, -0.2) is 31.5 Å². The maximum atomic E-state index is 4.97. The maximum Gasteiger partial charge on any atom is 0.163 e. The fourth-order valence-electron chi connectivity index (χ4n) is 4.15. The van der Waals surface area contributed by atoms with E-state index in [9.17, 15) is 0 Å². The second kappa shape index (κ2) is 7.81. The van der Waals surface area contributed by atoms with E-state index in [0.29, 0.717) is 5.82 Å². The van der Waals surface area contributed by atoms with Gasteiger partial charge in [0.05, 0.1) is 11.2 Å². The highest BCUT2D eigenvalue weighted by Crippen LogP contribution is 2.31. The number of benzene rings is 2. The van der Waals surface area contributed by atoms with Gasteiger partial charge in [-0.25, -0.2) is 19.9 Å². The summed E-state index contributed by atoms with van der Waals surface area (Å²) in [5.41, 5.74) is 5.13. The van der Waals surface area contributed by atoms with E-state index in [2.05, 4.69) is 20.9 Å². The first-order valence-corrected chi connectivity index (χ1v) is 10.7. The van der Waals surface area contributed by atoms with Gasteiger partial charge in [0, 0.05) is 60.2 Å². The van der Waals surface area contributed by atoms with Crippen molar-refractivity contribution < 1.29 is 0 Å². The standard InChI is InChI=1S/C26H20N6/c1-2-7-18(8-3-1)24-28-16-20-17-32(14-12-22(20)29-24)26-21-10-4-5-11-23(21)30-25(31-26)19-9-6-13-27-15-19/h1-11,13,15-16H,12,14,17H2. The molecule has 4 heterocycles. The molecule has 5 aromatic rings. The molecule has 3 aromatic heterocycles. The van der Waals surface area contributed by atoms with Crippen LogP contribution in [0.4, 0.5) is 5.82 Å². The lowest BCUT2D eigenvalue weighted by molar-refractivity contribution is 0.700. The average Bonchev–Trinajstić information content (AvgIpc) is 2.88. The van der Waals surface area contributed by atoms with E-state index in [1.165, 1.54) is 0 Å². The summed E-state index contributed by atoms with van der Waals surface area (Å²) in [6.45, 7) is 1.56. The Morgan fingerprint density at radius 3 is 2.44 bits per heavy atom. The van der Waals surface area contributed by atoms with Crippen LogP contribution in [0, 0.1) is 0 Å². The molecule has 0 saturated heterocycles. The van der Waals surface area contributed by atoms with Gasteiger partial charge in [-0.3, -0.25) is 4.98 Å². The lowest BCUT2D eigenvalue weighted by atomic mass is 10.1. The van der Waals surface area contributed by atoms with E-state index in [1.54, 1.807) is 12.4 Å². The zero-order chi connectivity index (χ0) is 21.3. The van der Waals surface area contributed by atoms with Crippen LogP contribution in [0.1, 0.15) is 11.3 Å².